The number of hydrogen-bond acceptors (Lipinski definition) is 6. The lowest BCUT2D eigenvalue weighted by atomic mass is 10.3. The van der Waals surface area contributed by atoms with E-state index in [4.69, 9.17) is 0 Å². The van der Waals surface area contributed by atoms with Crippen LogP contribution in [0.4, 0.5) is 0 Å². The van der Waals surface area contributed by atoms with Crippen LogP contribution in [-0.2, 0) is 18.9 Å². The van der Waals surface area contributed by atoms with Crippen molar-refractivity contribution in [2.24, 2.45) is 19.2 Å². The van der Waals surface area contributed by atoms with Crippen molar-refractivity contribution in [3.8, 4) is 0 Å². The zero-order valence-corrected chi connectivity index (χ0v) is 12.7. The summed E-state index contributed by atoms with van der Waals surface area (Å²) in [6, 6.07) is 0. The van der Waals surface area contributed by atoms with Crippen molar-refractivity contribution in [3.63, 3.8) is 0 Å². The minimum absolute atomic E-state index is 0.000931. The zero-order valence-electron chi connectivity index (χ0n) is 11.8. The number of nitrogens with zero attached hydrogens (tertiary/aromatic N) is 4. The molecule has 1 aromatic rings. The van der Waals surface area contributed by atoms with Gasteiger partial charge in [0.25, 0.3) is 5.56 Å². The summed E-state index contributed by atoms with van der Waals surface area (Å²) in [6.07, 6.45) is 0.746. The Labute approximate surface area is 119 Å². The van der Waals surface area contributed by atoms with E-state index in [0.29, 0.717) is 0 Å². The van der Waals surface area contributed by atoms with E-state index in [-0.39, 0.29) is 16.7 Å². The topological polar surface area (TPSA) is 98.3 Å². The maximum absolute atomic E-state index is 11.8. The van der Waals surface area contributed by atoms with Gasteiger partial charge in [-0.1, -0.05) is 18.7 Å². The normalized spacial score (nSPS) is 11.5. The van der Waals surface area contributed by atoms with Crippen molar-refractivity contribution < 1.29 is 4.79 Å². The van der Waals surface area contributed by atoms with Crippen molar-refractivity contribution >= 4 is 23.4 Å². The summed E-state index contributed by atoms with van der Waals surface area (Å²) >= 11 is 0.966. The predicted molar refractivity (Wildman–Crippen MR) is 77.0 cm³/mol. The highest BCUT2D eigenvalue weighted by Gasteiger charge is 2.11. The second kappa shape index (κ2) is 7.04. The lowest BCUT2D eigenvalue weighted by Crippen LogP contribution is -2.39. The lowest BCUT2D eigenvalue weighted by Gasteiger charge is -2.04. The Bertz CT molecular complexity index is 646. The van der Waals surface area contributed by atoms with Crippen LogP contribution in [0.3, 0.4) is 0 Å². The van der Waals surface area contributed by atoms with Crippen LogP contribution < -0.4 is 16.7 Å². The molecule has 0 aliphatic carbocycles. The summed E-state index contributed by atoms with van der Waals surface area (Å²) in [4.78, 5) is 34.8. The Balaban J connectivity index is 2.74. The highest BCUT2D eigenvalue weighted by Crippen LogP contribution is 2.07. The molecule has 0 aliphatic heterocycles. The van der Waals surface area contributed by atoms with E-state index in [1.165, 1.54) is 14.1 Å². The van der Waals surface area contributed by atoms with Crippen molar-refractivity contribution in [3.05, 3.63) is 20.8 Å². The molecule has 110 valence electrons. The SMILES string of the molecule is CC/C(C)=N\NC(=O)CSc1nn(C)c(=O)n(C)c1=O. The van der Waals surface area contributed by atoms with E-state index in [1.807, 2.05) is 6.92 Å². The van der Waals surface area contributed by atoms with Crippen molar-refractivity contribution in [2.45, 2.75) is 25.3 Å². The largest absolute Gasteiger partial charge is 0.346 e. The predicted octanol–water partition coefficient (Wildman–Crippen LogP) is -0.527. The third-order valence-electron chi connectivity index (χ3n) is 2.52. The number of carbonyl (C=O) groups excluding carboxylic acids is 1. The van der Waals surface area contributed by atoms with Gasteiger partial charge in [0.2, 0.25) is 5.91 Å². The van der Waals surface area contributed by atoms with Gasteiger partial charge in [0, 0.05) is 19.8 Å². The molecule has 9 heteroatoms. The first-order valence-corrected chi connectivity index (χ1v) is 6.94. The summed E-state index contributed by atoms with van der Waals surface area (Å²) in [5, 5.41) is 7.80. The van der Waals surface area contributed by atoms with Crippen LogP contribution in [0, 0.1) is 0 Å². The molecule has 0 saturated carbocycles. The number of carbonyl (C=O) groups is 1. The molecular formula is C11H17N5O3S. The van der Waals surface area contributed by atoms with Gasteiger partial charge in [-0.15, -0.1) is 0 Å². The van der Waals surface area contributed by atoms with Gasteiger partial charge in [-0.3, -0.25) is 14.2 Å². The number of hydrogen-bond donors (Lipinski definition) is 1. The summed E-state index contributed by atoms with van der Waals surface area (Å²) in [7, 11) is 2.81. The van der Waals surface area contributed by atoms with Crippen LogP contribution in [0.25, 0.3) is 0 Å². The van der Waals surface area contributed by atoms with E-state index < -0.39 is 11.2 Å². The third-order valence-corrected chi connectivity index (χ3v) is 3.45. The minimum atomic E-state index is -0.515. The highest BCUT2D eigenvalue weighted by atomic mass is 32.2. The molecule has 0 bridgehead atoms. The summed E-state index contributed by atoms with van der Waals surface area (Å²) in [6.45, 7) is 3.73. The Morgan fingerprint density at radius 1 is 1.40 bits per heavy atom. The Hall–Kier alpha value is -1.90. The Morgan fingerprint density at radius 3 is 2.65 bits per heavy atom. The maximum atomic E-state index is 11.8. The zero-order chi connectivity index (χ0) is 15.3. The summed E-state index contributed by atoms with van der Waals surface area (Å²) < 4.78 is 2.01. The quantitative estimate of drug-likeness (QED) is 0.448. The highest BCUT2D eigenvalue weighted by molar-refractivity contribution is 7.99. The Kier molecular flexibility index (Phi) is 5.68. The van der Waals surface area contributed by atoms with Crippen LogP contribution >= 0.6 is 11.8 Å². The first-order valence-electron chi connectivity index (χ1n) is 5.96. The molecule has 1 aromatic heterocycles. The van der Waals surface area contributed by atoms with E-state index in [1.54, 1.807) is 6.92 Å². The van der Waals surface area contributed by atoms with Gasteiger partial charge in [-0.05, 0) is 13.3 Å². The Morgan fingerprint density at radius 2 is 2.05 bits per heavy atom. The first kappa shape index (κ1) is 16.2. The third kappa shape index (κ3) is 4.05. The molecule has 0 radical (unpaired) electrons. The van der Waals surface area contributed by atoms with E-state index >= 15 is 0 Å². The number of nitrogens with one attached hydrogen (secondary N) is 1. The van der Waals surface area contributed by atoms with Crippen molar-refractivity contribution in [1.82, 2.24) is 19.8 Å². The second-order valence-corrected chi connectivity index (χ2v) is 5.06. The average Bonchev–Trinajstić information content (AvgIpc) is 2.44. The molecule has 0 fully saturated rings. The molecule has 0 atom stereocenters. The van der Waals surface area contributed by atoms with Crippen molar-refractivity contribution in [1.29, 1.82) is 0 Å². The molecular weight excluding hydrogens is 282 g/mol. The molecule has 1 N–H and O–H groups in total. The molecule has 1 amide bonds. The van der Waals surface area contributed by atoms with Crippen LogP contribution in [0.2, 0.25) is 0 Å². The maximum Gasteiger partial charge on any atom is 0.346 e. The standard InChI is InChI=1S/C11H17N5O3S/c1-5-7(2)12-13-8(17)6-20-9-10(18)15(3)11(19)16(4)14-9/h5-6H2,1-4H3,(H,13,17)/b12-7-. The molecule has 0 unspecified atom stereocenters. The fourth-order valence-electron chi connectivity index (χ4n) is 1.16. The van der Waals surface area contributed by atoms with Gasteiger partial charge >= 0.3 is 5.69 Å². The fourth-order valence-corrected chi connectivity index (χ4v) is 1.94. The van der Waals surface area contributed by atoms with Gasteiger partial charge in [0.1, 0.15) is 0 Å². The molecule has 20 heavy (non-hydrogen) atoms. The molecule has 8 nitrogen and oxygen atoms in total. The van der Waals surface area contributed by atoms with E-state index in [9.17, 15) is 14.4 Å². The van der Waals surface area contributed by atoms with Crippen molar-refractivity contribution in [2.75, 3.05) is 5.75 Å². The van der Waals surface area contributed by atoms with E-state index in [2.05, 4.69) is 15.6 Å². The molecule has 1 heterocycles. The van der Waals surface area contributed by atoms with Gasteiger partial charge in [0.05, 0.1) is 5.75 Å². The van der Waals surface area contributed by atoms with Gasteiger partial charge in [0.15, 0.2) is 5.03 Å². The summed E-state index contributed by atoms with van der Waals surface area (Å²) in [5.74, 6) is -0.332. The smallest absolute Gasteiger partial charge is 0.272 e. The van der Waals surface area contributed by atoms with Gasteiger partial charge in [-0.2, -0.15) is 10.2 Å². The number of aromatic nitrogens is 3. The molecule has 0 aliphatic rings. The number of thioether (sulfide) groups is 1. The second-order valence-electron chi connectivity index (χ2n) is 4.10. The van der Waals surface area contributed by atoms with Gasteiger partial charge < -0.3 is 0 Å². The number of rotatable bonds is 5. The molecule has 0 saturated heterocycles. The summed E-state index contributed by atoms with van der Waals surface area (Å²) in [5.41, 5.74) is 2.17. The number of amides is 1. The molecule has 0 spiro atoms. The number of aryl methyl sites for hydroxylation is 1. The van der Waals surface area contributed by atoms with E-state index in [0.717, 1.165) is 33.1 Å². The fraction of sp³-hybridized carbons (Fsp3) is 0.545. The van der Waals surface area contributed by atoms with Crippen LogP contribution in [0.15, 0.2) is 19.7 Å². The molecule has 1 rings (SSSR count). The van der Waals surface area contributed by atoms with Crippen LogP contribution in [0.5, 0.6) is 0 Å². The lowest BCUT2D eigenvalue weighted by molar-refractivity contribution is -0.118. The number of hydrazone groups is 1. The first-order chi connectivity index (χ1) is 9.36. The van der Waals surface area contributed by atoms with Crippen LogP contribution in [-0.4, -0.2) is 31.7 Å². The van der Waals surface area contributed by atoms with Gasteiger partial charge in [-0.25, -0.2) is 14.9 Å². The van der Waals surface area contributed by atoms with Crippen LogP contribution in [0.1, 0.15) is 20.3 Å². The minimum Gasteiger partial charge on any atom is -0.272 e. The molecule has 0 aromatic carbocycles. The monoisotopic (exact) mass is 299 g/mol. The average molecular weight is 299 g/mol.